The van der Waals surface area contributed by atoms with Gasteiger partial charge in [-0.05, 0) is 20.0 Å². The van der Waals surface area contributed by atoms with Crippen molar-refractivity contribution in [1.82, 2.24) is 5.32 Å². The molecular weight excluding hydrogens is 212 g/mol. The van der Waals surface area contributed by atoms with Crippen LogP contribution in [0.3, 0.4) is 0 Å². The molecule has 1 aromatic carbocycles. The fourth-order valence-corrected chi connectivity index (χ4v) is 1.35. The Morgan fingerprint density at radius 3 is 2.75 bits per heavy atom. The lowest BCUT2D eigenvalue weighted by Gasteiger charge is -2.13. The van der Waals surface area contributed by atoms with Crippen molar-refractivity contribution in [3.05, 3.63) is 29.6 Å². The molecular formula is C12H17F2NO. The number of nitrogens with one attached hydrogen (secondary N) is 1. The number of ether oxygens (including phenoxy) is 1. The van der Waals surface area contributed by atoms with Gasteiger partial charge in [-0.1, -0.05) is 6.07 Å². The van der Waals surface area contributed by atoms with E-state index in [1.165, 1.54) is 6.07 Å². The summed E-state index contributed by atoms with van der Waals surface area (Å²) in [5.41, 5.74) is 0.598. The normalized spacial score (nSPS) is 12.5. The summed E-state index contributed by atoms with van der Waals surface area (Å²) in [6, 6.07) is 4.67. The van der Waals surface area contributed by atoms with Gasteiger partial charge in [0.15, 0.2) is 0 Å². The van der Waals surface area contributed by atoms with Crippen LogP contribution in [0.4, 0.5) is 8.78 Å². The van der Waals surface area contributed by atoms with E-state index in [1.807, 2.05) is 6.92 Å². The highest BCUT2D eigenvalue weighted by Crippen LogP contribution is 2.21. The Balaban J connectivity index is 2.67. The van der Waals surface area contributed by atoms with E-state index in [4.69, 9.17) is 4.74 Å². The minimum atomic E-state index is -0.419. The van der Waals surface area contributed by atoms with Crippen LogP contribution in [0.15, 0.2) is 18.2 Å². The second-order valence-electron chi connectivity index (χ2n) is 3.58. The van der Waals surface area contributed by atoms with E-state index in [1.54, 1.807) is 19.2 Å². The Labute approximate surface area is 94.6 Å². The predicted molar refractivity (Wildman–Crippen MR) is 60.0 cm³/mol. The standard InChI is InChI=1S/C12H17F2NO/c1-9(15-2)11-5-4-10(8-12(11)14)16-7-3-6-13/h4-5,8-9,15H,3,6-7H2,1-2H3. The van der Waals surface area contributed by atoms with Gasteiger partial charge in [-0.3, -0.25) is 4.39 Å². The molecule has 0 bridgehead atoms. The highest BCUT2D eigenvalue weighted by Gasteiger charge is 2.09. The molecule has 0 heterocycles. The van der Waals surface area contributed by atoms with Crippen LogP contribution in [-0.4, -0.2) is 20.3 Å². The second-order valence-corrected chi connectivity index (χ2v) is 3.58. The molecule has 0 aliphatic rings. The smallest absolute Gasteiger partial charge is 0.131 e. The number of rotatable bonds is 6. The molecule has 2 nitrogen and oxygen atoms in total. The van der Waals surface area contributed by atoms with Crippen molar-refractivity contribution in [1.29, 1.82) is 0 Å². The zero-order valence-corrected chi connectivity index (χ0v) is 9.59. The average Bonchev–Trinajstić information content (AvgIpc) is 2.29. The molecule has 1 aromatic rings. The maximum atomic E-state index is 13.6. The molecule has 4 heteroatoms. The largest absolute Gasteiger partial charge is 0.493 e. The van der Waals surface area contributed by atoms with Crippen molar-refractivity contribution in [3.8, 4) is 5.75 Å². The number of alkyl halides is 1. The molecule has 1 N–H and O–H groups in total. The fraction of sp³-hybridized carbons (Fsp3) is 0.500. The summed E-state index contributed by atoms with van der Waals surface area (Å²) in [4.78, 5) is 0. The van der Waals surface area contributed by atoms with Gasteiger partial charge < -0.3 is 10.1 Å². The minimum absolute atomic E-state index is 0.0418. The number of hydrogen-bond donors (Lipinski definition) is 1. The number of halogens is 2. The molecule has 16 heavy (non-hydrogen) atoms. The molecule has 0 radical (unpaired) electrons. The van der Waals surface area contributed by atoms with Gasteiger partial charge in [0, 0.05) is 24.1 Å². The SMILES string of the molecule is CNC(C)c1ccc(OCCCF)cc1F. The Morgan fingerprint density at radius 2 is 2.19 bits per heavy atom. The summed E-state index contributed by atoms with van der Waals surface area (Å²) in [6.45, 7) is 1.73. The lowest BCUT2D eigenvalue weighted by molar-refractivity contribution is 0.288. The van der Waals surface area contributed by atoms with Crippen molar-refractivity contribution < 1.29 is 13.5 Å². The highest BCUT2D eigenvalue weighted by atomic mass is 19.1. The van der Waals surface area contributed by atoms with Crippen LogP contribution in [0.25, 0.3) is 0 Å². The summed E-state index contributed by atoms with van der Waals surface area (Å²) >= 11 is 0. The third-order valence-corrected chi connectivity index (χ3v) is 2.42. The molecule has 0 fully saturated rings. The quantitative estimate of drug-likeness (QED) is 0.757. The monoisotopic (exact) mass is 229 g/mol. The van der Waals surface area contributed by atoms with Crippen molar-refractivity contribution in [2.75, 3.05) is 20.3 Å². The van der Waals surface area contributed by atoms with Crippen LogP contribution in [0.5, 0.6) is 5.75 Å². The first kappa shape index (κ1) is 12.9. The molecule has 0 saturated heterocycles. The first-order valence-electron chi connectivity index (χ1n) is 5.34. The second kappa shape index (κ2) is 6.43. The Bertz CT molecular complexity index is 331. The molecule has 0 aromatic heterocycles. The molecule has 1 rings (SSSR count). The van der Waals surface area contributed by atoms with Gasteiger partial charge in [0.25, 0.3) is 0 Å². The fourth-order valence-electron chi connectivity index (χ4n) is 1.35. The van der Waals surface area contributed by atoms with E-state index in [-0.39, 0.29) is 18.5 Å². The van der Waals surface area contributed by atoms with Gasteiger partial charge in [0.1, 0.15) is 11.6 Å². The first-order valence-corrected chi connectivity index (χ1v) is 5.34. The van der Waals surface area contributed by atoms with Gasteiger partial charge >= 0.3 is 0 Å². The van der Waals surface area contributed by atoms with Crippen LogP contribution >= 0.6 is 0 Å². The van der Waals surface area contributed by atoms with Crippen LogP contribution in [0, 0.1) is 5.82 Å². The Kier molecular flexibility index (Phi) is 5.19. The summed E-state index contributed by atoms with van der Waals surface area (Å²) in [5, 5.41) is 2.96. The van der Waals surface area contributed by atoms with E-state index >= 15 is 0 Å². The zero-order chi connectivity index (χ0) is 12.0. The Hall–Kier alpha value is -1.16. The van der Waals surface area contributed by atoms with Gasteiger partial charge in [-0.15, -0.1) is 0 Å². The van der Waals surface area contributed by atoms with Gasteiger partial charge in [0.05, 0.1) is 13.3 Å². The van der Waals surface area contributed by atoms with Crippen LogP contribution in [-0.2, 0) is 0 Å². The maximum Gasteiger partial charge on any atom is 0.131 e. The first-order chi connectivity index (χ1) is 7.69. The molecule has 90 valence electrons. The highest BCUT2D eigenvalue weighted by molar-refractivity contribution is 5.30. The van der Waals surface area contributed by atoms with Crippen molar-refractivity contribution in [2.45, 2.75) is 19.4 Å². The molecule has 0 amide bonds. The third-order valence-electron chi connectivity index (χ3n) is 2.42. The van der Waals surface area contributed by atoms with E-state index in [9.17, 15) is 8.78 Å². The van der Waals surface area contributed by atoms with Crippen LogP contribution in [0.1, 0.15) is 24.9 Å². The molecule has 0 aliphatic heterocycles. The van der Waals surface area contributed by atoms with Gasteiger partial charge in [0.2, 0.25) is 0 Å². The number of hydrogen-bond acceptors (Lipinski definition) is 2. The van der Waals surface area contributed by atoms with Crippen molar-refractivity contribution in [3.63, 3.8) is 0 Å². The molecule has 1 atom stereocenters. The topological polar surface area (TPSA) is 21.3 Å². The molecule has 0 spiro atoms. The van der Waals surface area contributed by atoms with Gasteiger partial charge in [-0.2, -0.15) is 0 Å². The third kappa shape index (κ3) is 3.45. The summed E-state index contributed by atoms with van der Waals surface area (Å²) in [6.07, 6.45) is 0.330. The van der Waals surface area contributed by atoms with E-state index < -0.39 is 6.67 Å². The predicted octanol–water partition coefficient (Wildman–Crippen LogP) is 2.84. The van der Waals surface area contributed by atoms with Crippen molar-refractivity contribution in [2.24, 2.45) is 0 Å². The Morgan fingerprint density at radius 1 is 1.44 bits per heavy atom. The lowest BCUT2D eigenvalue weighted by Crippen LogP contribution is -2.13. The van der Waals surface area contributed by atoms with Crippen molar-refractivity contribution >= 4 is 0 Å². The summed E-state index contributed by atoms with van der Waals surface area (Å²) in [7, 11) is 1.77. The molecule has 0 saturated carbocycles. The maximum absolute atomic E-state index is 13.6. The van der Waals surface area contributed by atoms with E-state index in [0.29, 0.717) is 17.7 Å². The van der Waals surface area contributed by atoms with E-state index in [2.05, 4.69) is 5.32 Å². The van der Waals surface area contributed by atoms with Gasteiger partial charge in [-0.25, -0.2) is 4.39 Å². The van der Waals surface area contributed by atoms with E-state index in [0.717, 1.165) is 0 Å². The molecule has 1 unspecified atom stereocenters. The summed E-state index contributed by atoms with van der Waals surface area (Å²) in [5.74, 6) is 0.137. The zero-order valence-electron chi connectivity index (χ0n) is 9.59. The minimum Gasteiger partial charge on any atom is -0.493 e. The van der Waals surface area contributed by atoms with Crippen LogP contribution < -0.4 is 10.1 Å². The number of benzene rings is 1. The average molecular weight is 229 g/mol. The lowest BCUT2D eigenvalue weighted by atomic mass is 10.1. The summed E-state index contributed by atoms with van der Waals surface area (Å²) < 4.78 is 30.6. The molecule has 0 aliphatic carbocycles. The van der Waals surface area contributed by atoms with Crippen LogP contribution in [0.2, 0.25) is 0 Å².